The van der Waals surface area contributed by atoms with Gasteiger partial charge in [0.05, 0.1) is 22.6 Å². The van der Waals surface area contributed by atoms with Gasteiger partial charge in [0.1, 0.15) is 0 Å². The number of carbonyl (C=O) groups is 2. The maximum absolute atomic E-state index is 12.2. The number of sulfonamides is 1. The van der Waals surface area contributed by atoms with Crippen LogP contribution in [-0.4, -0.2) is 37.5 Å². The molecule has 1 aliphatic rings. The Hall–Kier alpha value is -2.26. The van der Waals surface area contributed by atoms with Gasteiger partial charge in [0.25, 0.3) is 5.91 Å². The molecule has 9 heteroatoms. The van der Waals surface area contributed by atoms with Gasteiger partial charge in [-0.05, 0) is 18.2 Å². The van der Waals surface area contributed by atoms with E-state index in [2.05, 4.69) is 10.3 Å². The van der Waals surface area contributed by atoms with Crippen LogP contribution in [-0.2, 0) is 21.2 Å². The van der Waals surface area contributed by atoms with Crippen molar-refractivity contribution in [1.82, 2.24) is 10.3 Å². The Morgan fingerprint density at radius 2 is 2.21 bits per heavy atom. The van der Waals surface area contributed by atoms with Gasteiger partial charge in [-0.3, -0.25) is 9.59 Å². The summed E-state index contributed by atoms with van der Waals surface area (Å²) in [6.07, 6.45) is 0.584. The number of benzene rings is 1. The van der Waals surface area contributed by atoms with Crippen molar-refractivity contribution < 1.29 is 18.0 Å². The molecule has 0 aliphatic carbocycles. The fraction of sp³-hybridized carbons (Fsp3) is 0.267. The third kappa shape index (κ3) is 3.46. The molecule has 1 N–H and O–H groups in total. The molecule has 126 valence electrons. The first-order valence-electron chi connectivity index (χ1n) is 7.28. The summed E-state index contributed by atoms with van der Waals surface area (Å²) in [6, 6.07) is 6.06. The number of hydrogen-bond donors (Lipinski definition) is 1. The summed E-state index contributed by atoms with van der Waals surface area (Å²) in [5, 5.41) is 4.67. The first-order valence-corrected chi connectivity index (χ1v) is 9.84. The van der Waals surface area contributed by atoms with Crippen molar-refractivity contribution in [2.45, 2.75) is 12.8 Å². The minimum absolute atomic E-state index is 0.0353. The molecule has 2 heterocycles. The van der Waals surface area contributed by atoms with E-state index >= 15 is 0 Å². The molecule has 7 nitrogen and oxygen atoms in total. The number of aromatic nitrogens is 1. The predicted octanol–water partition coefficient (Wildman–Crippen LogP) is 1.18. The van der Waals surface area contributed by atoms with Gasteiger partial charge in [-0.25, -0.2) is 17.7 Å². The quantitative estimate of drug-likeness (QED) is 0.858. The van der Waals surface area contributed by atoms with E-state index < -0.39 is 15.9 Å². The summed E-state index contributed by atoms with van der Waals surface area (Å²) >= 11 is 1.49. The van der Waals surface area contributed by atoms with E-state index in [4.69, 9.17) is 0 Å². The highest BCUT2D eigenvalue weighted by Crippen LogP contribution is 2.25. The highest BCUT2D eigenvalue weighted by molar-refractivity contribution is 7.94. The highest BCUT2D eigenvalue weighted by Gasteiger charge is 2.36. The minimum atomic E-state index is -3.63. The lowest BCUT2D eigenvalue weighted by Crippen LogP contribution is -2.30. The monoisotopic (exact) mass is 365 g/mol. The summed E-state index contributed by atoms with van der Waals surface area (Å²) < 4.78 is 24.7. The Bertz CT molecular complexity index is 863. The van der Waals surface area contributed by atoms with Crippen LogP contribution >= 0.6 is 11.3 Å². The van der Waals surface area contributed by atoms with Crippen LogP contribution < -0.4 is 9.62 Å². The highest BCUT2D eigenvalue weighted by atomic mass is 32.2. The summed E-state index contributed by atoms with van der Waals surface area (Å²) in [6.45, 7) is 0.424. The fourth-order valence-electron chi connectivity index (χ4n) is 2.41. The van der Waals surface area contributed by atoms with Crippen LogP contribution in [0.15, 0.2) is 35.2 Å². The predicted molar refractivity (Wildman–Crippen MR) is 90.5 cm³/mol. The van der Waals surface area contributed by atoms with E-state index in [1.165, 1.54) is 23.5 Å². The molecular weight excluding hydrogens is 350 g/mol. The molecule has 2 aromatic rings. The molecule has 1 saturated heterocycles. The van der Waals surface area contributed by atoms with Crippen molar-refractivity contribution in [3.63, 3.8) is 0 Å². The van der Waals surface area contributed by atoms with Gasteiger partial charge in [-0.1, -0.05) is 6.07 Å². The Balaban J connectivity index is 1.70. The van der Waals surface area contributed by atoms with Crippen LogP contribution in [0.1, 0.15) is 22.5 Å². The molecule has 0 unspecified atom stereocenters. The van der Waals surface area contributed by atoms with Crippen LogP contribution in [0.25, 0.3) is 0 Å². The van der Waals surface area contributed by atoms with Crippen molar-refractivity contribution in [3.05, 3.63) is 46.4 Å². The van der Waals surface area contributed by atoms with Crippen molar-refractivity contribution in [2.24, 2.45) is 0 Å². The number of carbonyl (C=O) groups excluding carboxylic acids is 2. The van der Waals surface area contributed by atoms with Gasteiger partial charge in [-0.15, -0.1) is 11.3 Å². The van der Waals surface area contributed by atoms with Crippen molar-refractivity contribution in [3.8, 4) is 0 Å². The number of anilines is 1. The van der Waals surface area contributed by atoms with Crippen LogP contribution in [0.5, 0.6) is 0 Å². The zero-order chi connectivity index (χ0) is 17.2. The molecule has 0 saturated carbocycles. The average Bonchev–Trinajstić information content (AvgIpc) is 3.15. The molecule has 1 aliphatic heterocycles. The standard InChI is InChI=1S/C15H15N3O4S2/c19-14-5-7-24(21,22)18(14)13-3-1-2-11(8-13)15(20)16-6-4-12-9-23-10-17-12/h1-3,8-10H,4-7H2,(H,16,20). The van der Waals surface area contributed by atoms with Crippen LogP contribution in [0.4, 0.5) is 5.69 Å². The summed E-state index contributed by atoms with van der Waals surface area (Å²) in [7, 11) is -3.63. The molecule has 3 rings (SSSR count). The third-order valence-electron chi connectivity index (χ3n) is 3.57. The lowest BCUT2D eigenvalue weighted by Gasteiger charge is -2.15. The second-order valence-electron chi connectivity index (χ2n) is 5.26. The normalized spacial score (nSPS) is 16.3. The lowest BCUT2D eigenvalue weighted by molar-refractivity contribution is -0.116. The number of nitrogens with zero attached hydrogens (tertiary/aromatic N) is 2. The van der Waals surface area contributed by atoms with Gasteiger partial charge in [0.15, 0.2) is 0 Å². The first-order chi connectivity index (χ1) is 11.5. The van der Waals surface area contributed by atoms with Gasteiger partial charge < -0.3 is 5.32 Å². The Morgan fingerprint density at radius 1 is 1.38 bits per heavy atom. The van der Waals surface area contributed by atoms with E-state index in [0.717, 1.165) is 10.00 Å². The van der Waals surface area contributed by atoms with Crippen molar-refractivity contribution >= 4 is 38.9 Å². The molecule has 0 atom stereocenters. The maximum atomic E-state index is 12.2. The number of thiazole rings is 1. The molecule has 1 aromatic carbocycles. The molecular formula is C15H15N3O4S2. The summed E-state index contributed by atoms with van der Waals surface area (Å²) in [4.78, 5) is 28.1. The van der Waals surface area contributed by atoms with E-state index in [0.29, 0.717) is 18.5 Å². The van der Waals surface area contributed by atoms with Crippen molar-refractivity contribution in [2.75, 3.05) is 16.6 Å². The molecule has 24 heavy (non-hydrogen) atoms. The van der Waals surface area contributed by atoms with Crippen molar-refractivity contribution in [1.29, 1.82) is 0 Å². The number of hydrogen-bond acceptors (Lipinski definition) is 6. The lowest BCUT2D eigenvalue weighted by atomic mass is 10.2. The zero-order valence-corrected chi connectivity index (χ0v) is 14.3. The number of rotatable bonds is 5. The average molecular weight is 365 g/mol. The molecule has 0 bridgehead atoms. The van der Waals surface area contributed by atoms with E-state index in [9.17, 15) is 18.0 Å². The van der Waals surface area contributed by atoms with E-state index in [1.807, 2.05) is 5.38 Å². The van der Waals surface area contributed by atoms with Crippen LogP contribution in [0.2, 0.25) is 0 Å². The van der Waals surface area contributed by atoms with E-state index in [1.54, 1.807) is 17.6 Å². The maximum Gasteiger partial charge on any atom is 0.251 e. The number of amides is 2. The van der Waals surface area contributed by atoms with E-state index in [-0.39, 0.29) is 23.8 Å². The second-order valence-corrected chi connectivity index (χ2v) is 7.92. The zero-order valence-electron chi connectivity index (χ0n) is 12.6. The molecule has 1 fully saturated rings. The molecule has 2 amide bonds. The molecule has 1 aromatic heterocycles. The Labute approximate surface area is 143 Å². The van der Waals surface area contributed by atoms with Gasteiger partial charge in [0.2, 0.25) is 15.9 Å². The van der Waals surface area contributed by atoms with Gasteiger partial charge in [0, 0.05) is 30.3 Å². The SMILES string of the molecule is O=C(NCCc1cscn1)c1cccc(N2C(=O)CCS2(=O)=O)c1. The first kappa shape index (κ1) is 16.6. The largest absolute Gasteiger partial charge is 0.352 e. The second kappa shape index (κ2) is 6.70. The molecule has 0 radical (unpaired) electrons. The topological polar surface area (TPSA) is 96.4 Å². The summed E-state index contributed by atoms with van der Waals surface area (Å²) in [5.41, 5.74) is 3.14. The van der Waals surface area contributed by atoms with Gasteiger partial charge in [-0.2, -0.15) is 0 Å². The molecule has 0 spiro atoms. The Kier molecular flexibility index (Phi) is 4.63. The fourth-order valence-corrected chi connectivity index (χ4v) is 4.45. The Morgan fingerprint density at radius 3 is 2.88 bits per heavy atom. The van der Waals surface area contributed by atoms with Crippen LogP contribution in [0.3, 0.4) is 0 Å². The van der Waals surface area contributed by atoms with Crippen LogP contribution in [0, 0.1) is 0 Å². The van der Waals surface area contributed by atoms with Gasteiger partial charge >= 0.3 is 0 Å². The summed E-state index contributed by atoms with van der Waals surface area (Å²) in [5.74, 6) is -0.997. The smallest absolute Gasteiger partial charge is 0.251 e. The third-order valence-corrected chi connectivity index (χ3v) is 5.90. The minimum Gasteiger partial charge on any atom is -0.352 e. The number of nitrogens with one attached hydrogen (secondary N) is 1.